The molecule has 1 aliphatic heterocycles. The normalized spacial score (nSPS) is 18.4. The van der Waals surface area contributed by atoms with Crippen LogP contribution in [0.1, 0.15) is 6.42 Å². The van der Waals surface area contributed by atoms with Crippen molar-refractivity contribution in [2.45, 2.75) is 6.42 Å². The lowest BCUT2D eigenvalue weighted by atomic mass is 10.1. The van der Waals surface area contributed by atoms with E-state index in [4.69, 9.17) is 0 Å². The molecule has 3 N–H and O–H groups in total. The van der Waals surface area contributed by atoms with E-state index < -0.39 is 10.2 Å². The fourth-order valence-corrected chi connectivity index (χ4v) is 1.61. The van der Waals surface area contributed by atoms with Crippen molar-refractivity contribution in [1.82, 2.24) is 14.8 Å². The van der Waals surface area contributed by atoms with E-state index in [0.717, 1.165) is 25.1 Å². The van der Waals surface area contributed by atoms with Gasteiger partial charge in [0.2, 0.25) is 0 Å². The lowest BCUT2D eigenvalue weighted by molar-refractivity contribution is 0.574. The predicted molar refractivity (Wildman–Crippen MR) is 51.6 cm³/mol. The molecular formula is C7H15N3O2S. The van der Waals surface area contributed by atoms with Crippen LogP contribution in [0.3, 0.4) is 0 Å². The van der Waals surface area contributed by atoms with E-state index in [0.29, 0.717) is 6.54 Å². The first-order valence-corrected chi connectivity index (χ1v) is 5.69. The molecule has 0 saturated heterocycles. The van der Waals surface area contributed by atoms with Gasteiger partial charge in [-0.2, -0.15) is 13.1 Å². The molecule has 13 heavy (non-hydrogen) atoms. The van der Waals surface area contributed by atoms with Crippen molar-refractivity contribution in [3.63, 3.8) is 0 Å². The zero-order valence-electron chi connectivity index (χ0n) is 7.63. The first-order chi connectivity index (χ1) is 6.14. The number of nitrogens with one attached hydrogen (secondary N) is 3. The lowest BCUT2D eigenvalue weighted by Gasteiger charge is -2.14. The van der Waals surface area contributed by atoms with Gasteiger partial charge in [0.05, 0.1) is 0 Å². The van der Waals surface area contributed by atoms with Gasteiger partial charge in [-0.1, -0.05) is 11.6 Å². The summed E-state index contributed by atoms with van der Waals surface area (Å²) in [6.45, 7) is 2.16. The molecule has 0 aliphatic carbocycles. The molecule has 0 fully saturated rings. The van der Waals surface area contributed by atoms with Crippen LogP contribution >= 0.6 is 0 Å². The maximum Gasteiger partial charge on any atom is 0.276 e. The standard InChI is InChI=1S/C7H15N3O2S/c1-8-13(11,12)10-6-7-2-4-9-5-3-7/h2,8-10H,3-6H2,1H3. The van der Waals surface area contributed by atoms with Crippen molar-refractivity contribution >= 4 is 10.2 Å². The van der Waals surface area contributed by atoms with Crippen LogP contribution in [0, 0.1) is 0 Å². The van der Waals surface area contributed by atoms with Gasteiger partial charge in [-0.3, -0.25) is 0 Å². The van der Waals surface area contributed by atoms with Crippen LogP contribution in [0.15, 0.2) is 11.6 Å². The molecule has 0 amide bonds. The Labute approximate surface area is 78.8 Å². The van der Waals surface area contributed by atoms with Crippen LogP contribution in [0.2, 0.25) is 0 Å². The summed E-state index contributed by atoms with van der Waals surface area (Å²) in [7, 11) is -1.89. The second kappa shape index (κ2) is 4.71. The second-order valence-electron chi connectivity index (χ2n) is 2.85. The Balaban J connectivity index is 2.38. The minimum Gasteiger partial charge on any atom is -0.313 e. The molecule has 0 spiro atoms. The molecule has 6 heteroatoms. The molecule has 0 bridgehead atoms. The van der Waals surface area contributed by atoms with Gasteiger partial charge in [0.15, 0.2) is 0 Å². The third kappa shape index (κ3) is 3.86. The first kappa shape index (κ1) is 10.6. The van der Waals surface area contributed by atoms with Gasteiger partial charge in [0, 0.05) is 20.1 Å². The maximum atomic E-state index is 11.0. The van der Waals surface area contributed by atoms with Crippen LogP contribution < -0.4 is 14.8 Å². The molecule has 1 heterocycles. The van der Waals surface area contributed by atoms with Crippen molar-refractivity contribution in [3.05, 3.63) is 11.6 Å². The Morgan fingerprint density at radius 2 is 2.38 bits per heavy atom. The van der Waals surface area contributed by atoms with Crippen molar-refractivity contribution in [1.29, 1.82) is 0 Å². The van der Waals surface area contributed by atoms with Crippen molar-refractivity contribution in [3.8, 4) is 0 Å². The number of rotatable bonds is 4. The SMILES string of the molecule is CNS(=O)(=O)NCC1=CCNCC1. The Bertz CT molecular complexity index is 284. The minimum atomic E-state index is -3.28. The average molecular weight is 205 g/mol. The van der Waals surface area contributed by atoms with Crippen molar-refractivity contribution in [2.75, 3.05) is 26.7 Å². The van der Waals surface area contributed by atoms with E-state index >= 15 is 0 Å². The molecule has 5 nitrogen and oxygen atoms in total. The molecule has 0 aromatic heterocycles. The Morgan fingerprint density at radius 3 is 2.92 bits per heavy atom. The maximum absolute atomic E-state index is 11.0. The highest BCUT2D eigenvalue weighted by molar-refractivity contribution is 7.87. The highest BCUT2D eigenvalue weighted by Gasteiger charge is 2.08. The van der Waals surface area contributed by atoms with Crippen LogP contribution in [-0.4, -0.2) is 35.1 Å². The highest BCUT2D eigenvalue weighted by Crippen LogP contribution is 2.02. The zero-order valence-corrected chi connectivity index (χ0v) is 8.45. The molecule has 0 saturated carbocycles. The quantitative estimate of drug-likeness (QED) is 0.513. The van der Waals surface area contributed by atoms with Crippen LogP contribution in [0.4, 0.5) is 0 Å². The largest absolute Gasteiger partial charge is 0.313 e. The van der Waals surface area contributed by atoms with Crippen molar-refractivity contribution in [2.24, 2.45) is 0 Å². The molecule has 0 radical (unpaired) electrons. The van der Waals surface area contributed by atoms with Gasteiger partial charge in [0.1, 0.15) is 0 Å². The first-order valence-electron chi connectivity index (χ1n) is 4.21. The Morgan fingerprint density at radius 1 is 1.62 bits per heavy atom. The number of hydrogen-bond acceptors (Lipinski definition) is 3. The summed E-state index contributed by atoms with van der Waals surface area (Å²) < 4.78 is 26.6. The van der Waals surface area contributed by atoms with Crippen LogP contribution in [0.25, 0.3) is 0 Å². The average Bonchev–Trinajstić information content (AvgIpc) is 2.17. The summed E-state index contributed by atoms with van der Waals surface area (Å²) in [5.41, 5.74) is 1.14. The smallest absolute Gasteiger partial charge is 0.276 e. The molecular weight excluding hydrogens is 190 g/mol. The van der Waals surface area contributed by atoms with E-state index in [1.807, 2.05) is 6.08 Å². The molecule has 0 unspecified atom stereocenters. The fraction of sp³-hybridized carbons (Fsp3) is 0.714. The van der Waals surface area contributed by atoms with Crippen LogP contribution in [0.5, 0.6) is 0 Å². The molecule has 0 aromatic carbocycles. The predicted octanol–water partition coefficient (Wildman–Crippen LogP) is -1.04. The van der Waals surface area contributed by atoms with Gasteiger partial charge >= 0.3 is 0 Å². The molecule has 1 aliphatic rings. The van der Waals surface area contributed by atoms with E-state index in [2.05, 4.69) is 14.8 Å². The summed E-state index contributed by atoms with van der Waals surface area (Å²) in [6, 6.07) is 0. The summed E-state index contributed by atoms with van der Waals surface area (Å²) in [6.07, 6.45) is 2.92. The Hall–Kier alpha value is -0.430. The van der Waals surface area contributed by atoms with E-state index in [1.54, 1.807) is 0 Å². The van der Waals surface area contributed by atoms with E-state index in [9.17, 15) is 8.42 Å². The molecule has 76 valence electrons. The molecule has 0 aromatic rings. The van der Waals surface area contributed by atoms with E-state index in [1.165, 1.54) is 7.05 Å². The van der Waals surface area contributed by atoms with Crippen molar-refractivity contribution < 1.29 is 8.42 Å². The lowest BCUT2D eigenvalue weighted by Crippen LogP contribution is -2.36. The Kier molecular flexibility index (Phi) is 3.86. The monoisotopic (exact) mass is 205 g/mol. The van der Waals surface area contributed by atoms with Gasteiger partial charge in [-0.05, 0) is 13.0 Å². The van der Waals surface area contributed by atoms with Gasteiger partial charge in [-0.15, -0.1) is 0 Å². The number of hydrogen-bond donors (Lipinski definition) is 3. The topological polar surface area (TPSA) is 70.2 Å². The fourth-order valence-electron chi connectivity index (χ4n) is 1.09. The van der Waals surface area contributed by atoms with Crippen LogP contribution in [-0.2, 0) is 10.2 Å². The second-order valence-corrected chi connectivity index (χ2v) is 4.55. The minimum absolute atomic E-state index is 0.408. The summed E-state index contributed by atoms with van der Waals surface area (Å²) in [4.78, 5) is 0. The van der Waals surface area contributed by atoms with Gasteiger partial charge < -0.3 is 5.32 Å². The third-order valence-corrected chi connectivity index (χ3v) is 2.98. The van der Waals surface area contributed by atoms with Gasteiger partial charge in [-0.25, -0.2) is 4.72 Å². The van der Waals surface area contributed by atoms with E-state index in [-0.39, 0.29) is 0 Å². The summed E-state index contributed by atoms with van der Waals surface area (Å²) in [5.74, 6) is 0. The highest BCUT2D eigenvalue weighted by atomic mass is 32.2. The molecule has 0 atom stereocenters. The summed E-state index contributed by atoms with van der Waals surface area (Å²) >= 11 is 0. The van der Waals surface area contributed by atoms with Gasteiger partial charge in [0.25, 0.3) is 10.2 Å². The third-order valence-electron chi connectivity index (χ3n) is 1.92. The summed E-state index contributed by atoms with van der Waals surface area (Å²) in [5, 5.41) is 3.16. The molecule has 1 rings (SSSR count). The zero-order chi connectivity index (χ0) is 9.73.